The highest BCUT2D eigenvalue weighted by atomic mass is 14.9. The largest absolute Gasteiger partial charge is 0.384 e. The summed E-state index contributed by atoms with van der Waals surface area (Å²) in [7, 11) is 0. The molecule has 0 aromatic heterocycles. The summed E-state index contributed by atoms with van der Waals surface area (Å²) >= 11 is 0. The van der Waals surface area contributed by atoms with Crippen LogP contribution >= 0.6 is 0 Å². The van der Waals surface area contributed by atoms with Gasteiger partial charge in [-0.15, -0.1) is 0 Å². The van der Waals surface area contributed by atoms with Gasteiger partial charge in [0.25, 0.3) is 0 Å². The second-order valence-corrected chi connectivity index (χ2v) is 5.24. The molecule has 2 aromatic carbocycles. The summed E-state index contributed by atoms with van der Waals surface area (Å²) in [4.78, 5) is 0. The van der Waals surface area contributed by atoms with Crippen LogP contribution in [-0.4, -0.2) is 6.54 Å². The van der Waals surface area contributed by atoms with Crippen LogP contribution in [0.1, 0.15) is 30.5 Å². The molecule has 0 spiro atoms. The number of rotatable bonds is 3. The molecule has 1 nitrogen and oxygen atoms in total. The van der Waals surface area contributed by atoms with Crippen LogP contribution in [-0.2, 0) is 19.3 Å². The Labute approximate surface area is 115 Å². The molecule has 0 amide bonds. The highest BCUT2D eigenvalue weighted by molar-refractivity contribution is 5.72. The molecule has 1 heterocycles. The molecular formula is C18H21N. The average Bonchev–Trinajstić information content (AvgIpc) is 2.93. The van der Waals surface area contributed by atoms with Crippen LogP contribution in [0.2, 0.25) is 0 Å². The highest BCUT2D eigenvalue weighted by Gasteiger charge is 2.11. The van der Waals surface area contributed by atoms with Gasteiger partial charge in [-0.3, -0.25) is 0 Å². The first-order valence-corrected chi connectivity index (χ1v) is 7.30. The summed E-state index contributed by atoms with van der Waals surface area (Å²) in [6.07, 6.45) is 3.39. The van der Waals surface area contributed by atoms with E-state index in [0.29, 0.717) is 0 Å². The summed E-state index contributed by atoms with van der Waals surface area (Å²) in [6, 6.07) is 13.7. The van der Waals surface area contributed by atoms with Crippen molar-refractivity contribution in [2.75, 3.05) is 11.9 Å². The van der Waals surface area contributed by atoms with Crippen molar-refractivity contribution in [3.63, 3.8) is 0 Å². The van der Waals surface area contributed by atoms with Gasteiger partial charge in [0, 0.05) is 12.2 Å². The van der Waals surface area contributed by atoms with E-state index in [1.165, 1.54) is 33.5 Å². The summed E-state index contributed by atoms with van der Waals surface area (Å²) < 4.78 is 0. The third kappa shape index (κ3) is 2.25. The number of nitrogens with one attached hydrogen (secondary N) is 1. The molecule has 3 rings (SSSR count). The van der Waals surface area contributed by atoms with E-state index >= 15 is 0 Å². The zero-order valence-electron chi connectivity index (χ0n) is 11.8. The van der Waals surface area contributed by atoms with Gasteiger partial charge < -0.3 is 5.32 Å². The van der Waals surface area contributed by atoms with Crippen LogP contribution in [0.5, 0.6) is 0 Å². The van der Waals surface area contributed by atoms with E-state index in [9.17, 15) is 0 Å². The van der Waals surface area contributed by atoms with Crippen molar-refractivity contribution in [2.45, 2.75) is 33.1 Å². The van der Waals surface area contributed by atoms with Crippen molar-refractivity contribution < 1.29 is 0 Å². The molecule has 1 heteroatoms. The van der Waals surface area contributed by atoms with Gasteiger partial charge in [-0.2, -0.15) is 0 Å². The van der Waals surface area contributed by atoms with Gasteiger partial charge >= 0.3 is 0 Å². The fourth-order valence-corrected chi connectivity index (χ4v) is 2.95. The summed E-state index contributed by atoms with van der Waals surface area (Å²) in [6.45, 7) is 5.55. The van der Waals surface area contributed by atoms with Crippen LogP contribution in [0.25, 0.3) is 11.1 Å². The SMILES string of the molecule is CCc1ccc(-c2ccc3c(c2)NCC3)cc1CC. The molecule has 0 fully saturated rings. The minimum absolute atomic E-state index is 1.08. The van der Waals surface area contributed by atoms with Crippen molar-refractivity contribution >= 4 is 5.69 Å². The van der Waals surface area contributed by atoms with E-state index in [1.807, 2.05) is 0 Å². The Morgan fingerprint density at radius 1 is 0.895 bits per heavy atom. The first-order chi connectivity index (χ1) is 9.31. The molecule has 0 unspecified atom stereocenters. The fraction of sp³-hybridized carbons (Fsp3) is 0.333. The molecule has 0 atom stereocenters. The smallest absolute Gasteiger partial charge is 0.0379 e. The van der Waals surface area contributed by atoms with E-state index in [-0.39, 0.29) is 0 Å². The van der Waals surface area contributed by atoms with Crippen LogP contribution in [0.3, 0.4) is 0 Å². The molecule has 1 N–H and O–H groups in total. The van der Waals surface area contributed by atoms with Gasteiger partial charge in [-0.05, 0) is 53.1 Å². The third-order valence-electron chi connectivity index (χ3n) is 4.12. The molecule has 0 radical (unpaired) electrons. The van der Waals surface area contributed by atoms with E-state index in [1.54, 1.807) is 0 Å². The van der Waals surface area contributed by atoms with Crippen molar-refractivity contribution in [3.8, 4) is 11.1 Å². The van der Waals surface area contributed by atoms with Crippen molar-refractivity contribution in [1.29, 1.82) is 0 Å². The molecule has 2 aromatic rings. The number of anilines is 1. The second-order valence-electron chi connectivity index (χ2n) is 5.24. The van der Waals surface area contributed by atoms with Gasteiger partial charge in [0.15, 0.2) is 0 Å². The molecule has 1 aliphatic rings. The van der Waals surface area contributed by atoms with E-state index in [0.717, 1.165) is 25.8 Å². The lowest BCUT2D eigenvalue weighted by molar-refractivity contribution is 1.04. The number of benzene rings is 2. The average molecular weight is 251 g/mol. The van der Waals surface area contributed by atoms with Crippen LogP contribution in [0, 0.1) is 0 Å². The highest BCUT2D eigenvalue weighted by Crippen LogP contribution is 2.30. The lowest BCUT2D eigenvalue weighted by Crippen LogP contribution is -1.93. The maximum atomic E-state index is 3.46. The Balaban J connectivity index is 2.02. The normalized spacial score (nSPS) is 13.2. The van der Waals surface area contributed by atoms with E-state index in [4.69, 9.17) is 0 Å². The van der Waals surface area contributed by atoms with Crippen molar-refractivity contribution in [2.24, 2.45) is 0 Å². The van der Waals surface area contributed by atoms with Gasteiger partial charge in [0.1, 0.15) is 0 Å². The Hall–Kier alpha value is -1.76. The number of fused-ring (bicyclic) bond motifs is 1. The van der Waals surface area contributed by atoms with Crippen LogP contribution < -0.4 is 5.32 Å². The van der Waals surface area contributed by atoms with Crippen molar-refractivity contribution in [1.82, 2.24) is 0 Å². The predicted molar refractivity (Wildman–Crippen MR) is 82.8 cm³/mol. The third-order valence-corrected chi connectivity index (χ3v) is 4.12. The summed E-state index contributed by atoms with van der Waals surface area (Å²) in [5, 5.41) is 3.46. The van der Waals surface area contributed by atoms with Crippen LogP contribution in [0.15, 0.2) is 36.4 Å². The summed E-state index contributed by atoms with van der Waals surface area (Å²) in [5.74, 6) is 0. The molecule has 1 aliphatic heterocycles. The molecule has 0 saturated heterocycles. The lowest BCUT2D eigenvalue weighted by Gasteiger charge is -2.10. The minimum Gasteiger partial charge on any atom is -0.384 e. The second kappa shape index (κ2) is 5.08. The number of hydrogen-bond donors (Lipinski definition) is 1. The molecular weight excluding hydrogens is 230 g/mol. The number of hydrogen-bond acceptors (Lipinski definition) is 1. The lowest BCUT2D eigenvalue weighted by atomic mass is 9.95. The topological polar surface area (TPSA) is 12.0 Å². The Bertz CT molecular complexity index is 599. The Morgan fingerprint density at radius 2 is 1.63 bits per heavy atom. The standard InChI is InChI=1S/C18H21N/c1-3-13-5-7-16(11-14(13)4-2)17-8-6-15-9-10-19-18(15)12-17/h5-8,11-12,19H,3-4,9-10H2,1-2H3. The molecule has 0 bridgehead atoms. The minimum atomic E-state index is 1.08. The van der Waals surface area contributed by atoms with Gasteiger partial charge in [0.05, 0.1) is 0 Å². The maximum absolute atomic E-state index is 3.46. The zero-order valence-corrected chi connectivity index (χ0v) is 11.8. The molecule has 98 valence electrons. The Kier molecular flexibility index (Phi) is 3.29. The first kappa shape index (κ1) is 12.3. The van der Waals surface area contributed by atoms with E-state index < -0.39 is 0 Å². The monoisotopic (exact) mass is 251 g/mol. The molecule has 19 heavy (non-hydrogen) atoms. The summed E-state index contributed by atoms with van der Waals surface area (Å²) in [5.41, 5.74) is 8.38. The Morgan fingerprint density at radius 3 is 2.42 bits per heavy atom. The fourth-order valence-electron chi connectivity index (χ4n) is 2.95. The zero-order chi connectivity index (χ0) is 13.2. The van der Waals surface area contributed by atoms with Gasteiger partial charge in [-0.1, -0.05) is 44.2 Å². The molecule has 0 saturated carbocycles. The molecule has 0 aliphatic carbocycles. The first-order valence-electron chi connectivity index (χ1n) is 7.30. The van der Waals surface area contributed by atoms with Gasteiger partial charge in [0.2, 0.25) is 0 Å². The number of aryl methyl sites for hydroxylation is 2. The predicted octanol–water partition coefficient (Wildman–Crippen LogP) is 4.45. The van der Waals surface area contributed by atoms with Crippen molar-refractivity contribution in [3.05, 3.63) is 53.1 Å². The van der Waals surface area contributed by atoms with E-state index in [2.05, 4.69) is 55.6 Å². The van der Waals surface area contributed by atoms with Crippen LogP contribution in [0.4, 0.5) is 5.69 Å². The quantitative estimate of drug-likeness (QED) is 0.850. The maximum Gasteiger partial charge on any atom is 0.0379 e. The van der Waals surface area contributed by atoms with Gasteiger partial charge in [-0.25, -0.2) is 0 Å².